The molecule has 98 valence electrons. The summed E-state index contributed by atoms with van der Waals surface area (Å²) in [5.74, 6) is 0. The van der Waals surface area contributed by atoms with Crippen LogP contribution in [0.5, 0.6) is 0 Å². The highest BCUT2D eigenvalue weighted by Crippen LogP contribution is 2.26. The van der Waals surface area contributed by atoms with Gasteiger partial charge >= 0.3 is 0 Å². The summed E-state index contributed by atoms with van der Waals surface area (Å²) in [6.07, 6.45) is 3.71. The van der Waals surface area contributed by atoms with Crippen LogP contribution in [-0.4, -0.2) is 19.3 Å². The third-order valence-corrected chi connectivity index (χ3v) is 3.74. The van der Waals surface area contributed by atoms with E-state index in [1.54, 1.807) is 6.20 Å². The Labute approximate surface area is 120 Å². The molecule has 0 spiro atoms. The molecule has 1 aromatic carbocycles. The molecule has 0 fully saturated rings. The summed E-state index contributed by atoms with van der Waals surface area (Å²) < 4.78 is 4.62. The molecule has 0 radical (unpaired) electrons. The molecule has 6 heteroatoms. The van der Waals surface area contributed by atoms with Crippen LogP contribution in [-0.2, 0) is 6.54 Å². The number of aromatic nitrogens is 4. The minimum atomic E-state index is 0.168. The van der Waals surface area contributed by atoms with E-state index >= 15 is 0 Å². The number of nitrogens with one attached hydrogen (secondary N) is 1. The molecule has 1 N–H and O–H groups in total. The minimum absolute atomic E-state index is 0.168. The van der Waals surface area contributed by atoms with Crippen LogP contribution in [0.15, 0.2) is 36.7 Å². The van der Waals surface area contributed by atoms with Gasteiger partial charge in [-0.05, 0) is 37.3 Å². The molecule has 0 aliphatic carbocycles. The van der Waals surface area contributed by atoms with E-state index in [4.69, 9.17) is 23.8 Å². The SMILES string of the molecule is CC(Cn1cccn1)n1c(=S)[nH]c2cccc(Cl)c21. The third kappa shape index (κ3) is 2.19. The number of halogens is 1. The van der Waals surface area contributed by atoms with Gasteiger partial charge in [-0.2, -0.15) is 5.10 Å². The van der Waals surface area contributed by atoms with Crippen molar-refractivity contribution in [2.24, 2.45) is 0 Å². The van der Waals surface area contributed by atoms with Crippen molar-refractivity contribution in [1.29, 1.82) is 0 Å². The van der Waals surface area contributed by atoms with Crippen LogP contribution >= 0.6 is 23.8 Å². The Kier molecular flexibility index (Phi) is 3.16. The Hall–Kier alpha value is -1.59. The van der Waals surface area contributed by atoms with Crippen molar-refractivity contribution >= 4 is 34.9 Å². The number of para-hydroxylation sites is 1. The number of fused-ring (bicyclic) bond motifs is 1. The van der Waals surface area contributed by atoms with Crippen LogP contribution in [0.3, 0.4) is 0 Å². The van der Waals surface area contributed by atoms with Crippen molar-refractivity contribution in [2.45, 2.75) is 19.5 Å². The summed E-state index contributed by atoms with van der Waals surface area (Å²) in [6.45, 7) is 2.85. The second-order valence-electron chi connectivity index (χ2n) is 4.51. The van der Waals surface area contributed by atoms with E-state index in [0.717, 1.165) is 17.6 Å². The summed E-state index contributed by atoms with van der Waals surface area (Å²) in [5, 5.41) is 4.93. The Morgan fingerprint density at radius 1 is 1.42 bits per heavy atom. The zero-order valence-corrected chi connectivity index (χ0v) is 11.9. The molecule has 1 atom stereocenters. The topological polar surface area (TPSA) is 38.5 Å². The lowest BCUT2D eigenvalue weighted by atomic mass is 10.2. The fraction of sp³-hybridized carbons (Fsp3) is 0.231. The fourth-order valence-electron chi connectivity index (χ4n) is 2.32. The highest BCUT2D eigenvalue weighted by molar-refractivity contribution is 7.71. The van der Waals surface area contributed by atoms with Crippen LogP contribution in [0.25, 0.3) is 11.0 Å². The highest BCUT2D eigenvalue weighted by Gasteiger charge is 2.14. The van der Waals surface area contributed by atoms with Gasteiger partial charge in [0.25, 0.3) is 0 Å². The molecule has 3 rings (SSSR count). The van der Waals surface area contributed by atoms with Crippen molar-refractivity contribution in [2.75, 3.05) is 0 Å². The van der Waals surface area contributed by atoms with E-state index in [1.807, 2.05) is 35.1 Å². The lowest BCUT2D eigenvalue weighted by Gasteiger charge is -2.15. The number of imidazole rings is 1. The van der Waals surface area contributed by atoms with Crippen LogP contribution < -0.4 is 0 Å². The molecular formula is C13H13ClN4S. The molecule has 0 saturated carbocycles. The summed E-state index contributed by atoms with van der Waals surface area (Å²) in [7, 11) is 0. The molecule has 0 bridgehead atoms. The number of hydrogen-bond donors (Lipinski definition) is 1. The summed E-state index contributed by atoms with van der Waals surface area (Å²) >= 11 is 11.7. The van der Waals surface area contributed by atoms with Crippen molar-refractivity contribution < 1.29 is 0 Å². The van der Waals surface area contributed by atoms with E-state index in [9.17, 15) is 0 Å². The van der Waals surface area contributed by atoms with E-state index in [1.165, 1.54) is 0 Å². The van der Waals surface area contributed by atoms with Crippen molar-refractivity contribution in [3.05, 3.63) is 46.5 Å². The lowest BCUT2D eigenvalue weighted by Crippen LogP contribution is -2.13. The maximum Gasteiger partial charge on any atom is 0.178 e. The minimum Gasteiger partial charge on any atom is -0.331 e. The number of H-pyrrole nitrogens is 1. The Morgan fingerprint density at radius 3 is 3.00 bits per heavy atom. The normalized spacial score (nSPS) is 12.9. The van der Waals surface area contributed by atoms with E-state index in [-0.39, 0.29) is 6.04 Å². The second kappa shape index (κ2) is 4.83. The number of hydrogen-bond acceptors (Lipinski definition) is 2. The van der Waals surface area contributed by atoms with Crippen LogP contribution in [0.4, 0.5) is 0 Å². The first kappa shape index (κ1) is 12.4. The van der Waals surface area contributed by atoms with Gasteiger partial charge in [-0.1, -0.05) is 17.7 Å². The van der Waals surface area contributed by atoms with Crippen molar-refractivity contribution in [3.8, 4) is 0 Å². The van der Waals surface area contributed by atoms with E-state index in [0.29, 0.717) is 9.79 Å². The first-order chi connectivity index (χ1) is 9.16. The molecule has 1 unspecified atom stereocenters. The molecular weight excluding hydrogens is 280 g/mol. The monoisotopic (exact) mass is 292 g/mol. The maximum atomic E-state index is 6.29. The number of rotatable bonds is 3. The molecule has 2 aromatic heterocycles. The fourth-order valence-corrected chi connectivity index (χ4v) is 2.97. The predicted octanol–water partition coefficient (Wildman–Crippen LogP) is 3.81. The first-order valence-corrected chi connectivity index (χ1v) is 6.81. The van der Waals surface area contributed by atoms with Crippen molar-refractivity contribution in [1.82, 2.24) is 19.3 Å². The van der Waals surface area contributed by atoms with Gasteiger partial charge in [-0.3, -0.25) is 4.68 Å². The zero-order chi connectivity index (χ0) is 13.4. The summed E-state index contributed by atoms with van der Waals surface area (Å²) in [4.78, 5) is 3.19. The highest BCUT2D eigenvalue weighted by atomic mass is 35.5. The van der Waals surface area contributed by atoms with Gasteiger partial charge in [0.1, 0.15) is 0 Å². The molecule has 0 aliphatic heterocycles. The second-order valence-corrected chi connectivity index (χ2v) is 5.31. The molecule has 2 heterocycles. The van der Waals surface area contributed by atoms with Crippen LogP contribution in [0.1, 0.15) is 13.0 Å². The lowest BCUT2D eigenvalue weighted by molar-refractivity contribution is 0.442. The standard InChI is InChI=1S/C13H13ClN4S/c1-9(8-17-7-3-6-15-17)18-12-10(14)4-2-5-11(12)16-13(18)19/h2-7,9H,8H2,1H3,(H,16,19). The number of benzene rings is 1. The molecule has 0 aliphatic rings. The van der Waals surface area contributed by atoms with Gasteiger partial charge in [0, 0.05) is 12.4 Å². The third-order valence-electron chi connectivity index (χ3n) is 3.14. The van der Waals surface area contributed by atoms with Gasteiger partial charge in [0.2, 0.25) is 0 Å². The average molecular weight is 293 g/mol. The Morgan fingerprint density at radius 2 is 2.26 bits per heavy atom. The predicted molar refractivity (Wildman–Crippen MR) is 79.1 cm³/mol. The molecule has 19 heavy (non-hydrogen) atoms. The Bertz CT molecular complexity index is 757. The van der Waals surface area contributed by atoms with Gasteiger partial charge < -0.3 is 9.55 Å². The van der Waals surface area contributed by atoms with Gasteiger partial charge in [0.15, 0.2) is 4.77 Å². The molecule has 0 saturated heterocycles. The first-order valence-electron chi connectivity index (χ1n) is 6.03. The van der Waals surface area contributed by atoms with Crippen LogP contribution in [0, 0.1) is 4.77 Å². The average Bonchev–Trinajstić information content (AvgIpc) is 2.96. The largest absolute Gasteiger partial charge is 0.331 e. The molecule has 0 amide bonds. The van der Waals surface area contributed by atoms with Gasteiger partial charge in [-0.25, -0.2) is 0 Å². The molecule has 4 nitrogen and oxygen atoms in total. The van der Waals surface area contributed by atoms with Gasteiger partial charge in [0.05, 0.1) is 28.6 Å². The summed E-state index contributed by atoms with van der Waals surface area (Å²) in [5.41, 5.74) is 1.92. The van der Waals surface area contributed by atoms with E-state index < -0.39 is 0 Å². The summed E-state index contributed by atoms with van der Waals surface area (Å²) in [6, 6.07) is 7.85. The van der Waals surface area contributed by atoms with E-state index in [2.05, 4.69) is 21.6 Å². The quantitative estimate of drug-likeness (QED) is 0.746. The van der Waals surface area contributed by atoms with Crippen LogP contribution in [0.2, 0.25) is 5.02 Å². The van der Waals surface area contributed by atoms with Gasteiger partial charge in [-0.15, -0.1) is 0 Å². The van der Waals surface area contributed by atoms with Crippen molar-refractivity contribution in [3.63, 3.8) is 0 Å². The zero-order valence-electron chi connectivity index (χ0n) is 10.4. The number of aromatic amines is 1. The number of nitrogens with zero attached hydrogens (tertiary/aromatic N) is 3. The maximum absolute atomic E-state index is 6.29. The smallest absolute Gasteiger partial charge is 0.178 e. The molecule has 3 aromatic rings. The Balaban J connectivity index is 2.09.